The monoisotopic (exact) mass is 248 g/mol. The fourth-order valence-electron chi connectivity index (χ4n) is 2.29. The van der Waals surface area contributed by atoms with E-state index in [1.165, 1.54) is 7.11 Å². The molecule has 4 heteroatoms. The lowest BCUT2D eigenvalue weighted by Gasteiger charge is -2.32. The van der Waals surface area contributed by atoms with Crippen molar-refractivity contribution in [1.82, 2.24) is 0 Å². The number of rotatable bonds is 1. The van der Waals surface area contributed by atoms with E-state index in [1.807, 2.05) is 26.0 Å². The Labute approximate surface area is 106 Å². The summed E-state index contributed by atoms with van der Waals surface area (Å²) in [5, 5.41) is 0. The van der Waals surface area contributed by atoms with Crippen LogP contribution >= 0.6 is 0 Å². The molecule has 0 saturated heterocycles. The first-order chi connectivity index (χ1) is 8.39. The third-order valence-electron chi connectivity index (χ3n) is 3.49. The SMILES string of the molecule is COC(=O)C1(C)Cc2ccc(C)c(C)c2C(=O)O1. The lowest BCUT2D eigenvalue weighted by molar-refractivity contribution is -0.161. The van der Waals surface area contributed by atoms with Crippen molar-refractivity contribution in [2.24, 2.45) is 0 Å². The van der Waals surface area contributed by atoms with E-state index in [2.05, 4.69) is 0 Å². The standard InChI is InChI=1S/C14H16O4/c1-8-5-6-10-7-14(3,13(16)17-4)18-12(15)11(10)9(8)2/h5-6H,7H2,1-4H3. The summed E-state index contributed by atoms with van der Waals surface area (Å²) in [5.74, 6) is -0.981. The molecule has 0 saturated carbocycles. The third kappa shape index (κ3) is 1.78. The van der Waals surface area contributed by atoms with Gasteiger partial charge in [0, 0.05) is 6.42 Å². The van der Waals surface area contributed by atoms with Crippen LogP contribution in [0.4, 0.5) is 0 Å². The maximum Gasteiger partial charge on any atom is 0.350 e. The van der Waals surface area contributed by atoms with E-state index in [1.54, 1.807) is 6.92 Å². The van der Waals surface area contributed by atoms with Gasteiger partial charge in [-0.15, -0.1) is 0 Å². The Hall–Kier alpha value is -1.84. The predicted molar refractivity (Wildman–Crippen MR) is 65.5 cm³/mol. The minimum atomic E-state index is -1.22. The summed E-state index contributed by atoms with van der Waals surface area (Å²) in [6, 6.07) is 3.82. The number of ether oxygens (including phenoxy) is 2. The van der Waals surface area contributed by atoms with Gasteiger partial charge in [0.2, 0.25) is 5.60 Å². The molecule has 0 spiro atoms. The highest BCUT2D eigenvalue weighted by Crippen LogP contribution is 2.31. The molecule has 1 atom stereocenters. The summed E-state index contributed by atoms with van der Waals surface area (Å²) < 4.78 is 9.97. The van der Waals surface area contributed by atoms with Crippen LogP contribution < -0.4 is 0 Å². The minimum absolute atomic E-state index is 0.349. The molecule has 2 rings (SSSR count). The van der Waals surface area contributed by atoms with Gasteiger partial charge in [-0.3, -0.25) is 0 Å². The second kappa shape index (κ2) is 4.12. The van der Waals surface area contributed by atoms with E-state index in [-0.39, 0.29) is 0 Å². The number of hydrogen-bond donors (Lipinski definition) is 0. The number of fused-ring (bicyclic) bond motifs is 1. The number of cyclic esters (lactones) is 1. The van der Waals surface area contributed by atoms with Gasteiger partial charge in [-0.25, -0.2) is 9.59 Å². The van der Waals surface area contributed by atoms with E-state index < -0.39 is 17.5 Å². The molecule has 1 aliphatic rings. The largest absolute Gasteiger partial charge is 0.466 e. The zero-order valence-corrected chi connectivity index (χ0v) is 11.0. The summed E-state index contributed by atoms with van der Waals surface area (Å²) in [4.78, 5) is 23.8. The van der Waals surface area contributed by atoms with Crippen molar-refractivity contribution < 1.29 is 19.1 Å². The molecule has 0 aliphatic carbocycles. The quantitative estimate of drug-likeness (QED) is 0.713. The molecule has 0 bridgehead atoms. The van der Waals surface area contributed by atoms with Crippen LogP contribution in [0.15, 0.2) is 12.1 Å². The summed E-state index contributed by atoms with van der Waals surface area (Å²) in [6.45, 7) is 5.40. The van der Waals surface area contributed by atoms with E-state index in [9.17, 15) is 9.59 Å². The Bertz CT molecular complexity index is 533. The van der Waals surface area contributed by atoms with E-state index in [4.69, 9.17) is 9.47 Å². The van der Waals surface area contributed by atoms with Gasteiger partial charge in [0.15, 0.2) is 0 Å². The highest BCUT2D eigenvalue weighted by Gasteiger charge is 2.44. The van der Waals surface area contributed by atoms with Crippen molar-refractivity contribution in [1.29, 1.82) is 0 Å². The van der Waals surface area contributed by atoms with Crippen molar-refractivity contribution in [3.63, 3.8) is 0 Å². The molecule has 1 heterocycles. The number of carbonyl (C=O) groups excluding carboxylic acids is 2. The van der Waals surface area contributed by atoms with Gasteiger partial charge in [0.1, 0.15) is 0 Å². The van der Waals surface area contributed by atoms with Gasteiger partial charge in [-0.1, -0.05) is 12.1 Å². The molecular formula is C14H16O4. The summed E-state index contributed by atoms with van der Waals surface area (Å²) in [7, 11) is 1.29. The van der Waals surface area contributed by atoms with Crippen LogP contribution in [-0.2, 0) is 20.7 Å². The maximum atomic E-state index is 12.1. The van der Waals surface area contributed by atoms with E-state index in [0.717, 1.165) is 16.7 Å². The highest BCUT2D eigenvalue weighted by atomic mass is 16.6. The molecule has 1 aromatic rings. The fourth-order valence-corrected chi connectivity index (χ4v) is 2.29. The molecule has 18 heavy (non-hydrogen) atoms. The van der Waals surface area contributed by atoms with Gasteiger partial charge in [0.05, 0.1) is 12.7 Å². The van der Waals surface area contributed by atoms with Crippen LogP contribution in [-0.4, -0.2) is 24.6 Å². The molecule has 1 aromatic carbocycles. The Morgan fingerprint density at radius 2 is 2.06 bits per heavy atom. The average Bonchev–Trinajstić information content (AvgIpc) is 2.32. The van der Waals surface area contributed by atoms with Crippen molar-refractivity contribution in [3.05, 3.63) is 34.4 Å². The van der Waals surface area contributed by atoms with Crippen LogP contribution in [0, 0.1) is 13.8 Å². The number of aryl methyl sites for hydroxylation is 1. The highest BCUT2D eigenvalue weighted by molar-refractivity contribution is 5.97. The lowest BCUT2D eigenvalue weighted by atomic mass is 9.86. The van der Waals surface area contributed by atoms with Crippen LogP contribution in [0.25, 0.3) is 0 Å². The Morgan fingerprint density at radius 3 is 2.67 bits per heavy atom. The maximum absolute atomic E-state index is 12.1. The van der Waals surface area contributed by atoms with Crippen molar-refractivity contribution in [2.45, 2.75) is 32.8 Å². The molecule has 0 aromatic heterocycles. The first-order valence-electron chi connectivity index (χ1n) is 5.80. The van der Waals surface area contributed by atoms with Gasteiger partial charge in [0.25, 0.3) is 0 Å². The molecule has 0 fully saturated rings. The second-order valence-corrected chi connectivity index (χ2v) is 4.83. The van der Waals surface area contributed by atoms with Crippen LogP contribution in [0.5, 0.6) is 0 Å². The second-order valence-electron chi connectivity index (χ2n) is 4.83. The normalized spacial score (nSPS) is 22.1. The van der Waals surface area contributed by atoms with E-state index >= 15 is 0 Å². The van der Waals surface area contributed by atoms with Gasteiger partial charge in [-0.05, 0) is 37.5 Å². The lowest BCUT2D eigenvalue weighted by Crippen LogP contribution is -2.46. The van der Waals surface area contributed by atoms with Crippen LogP contribution in [0.1, 0.15) is 34.0 Å². The van der Waals surface area contributed by atoms with Crippen molar-refractivity contribution in [3.8, 4) is 0 Å². The molecule has 0 N–H and O–H groups in total. The molecular weight excluding hydrogens is 232 g/mol. The Morgan fingerprint density at radius 1 is 1.39 bits per heavy atom. The smallest absolute Gasteiger partial charge is 0.350 e. The predicted octanol–water partition coefficient (Wildman–Crippen LogP) is 1.95. The summed E-state index contributed by atoms with van der Waals surface area (Å²) >= 11 is 0. The molecule has 1 aliphatic heterocycles. The third-order valence-corrected chi connectivity index (χ3v) is 3.49. The number of hydrogen-bond acceptors (Lipinski definition) is 4. The van der Waals surface area contributed by atoms with Crippen LogP contribution in [0.3, 0.4) is 0 Å². The summed E-state index contributed by atoms with van der Waals surface area (Å²) in [5.41, 5.74) is 2.14. The number of carbonyl (C=O) groups is 2. The van der Waals surface area contributed by atoms with Gasteiger partial charge >= 0.3 is 11.9 Å². The number of esters is 2. The van der Waals surface area contributed by atoms with Crippen LogP contribution in [0.2, 0.25) is 0 Å². The van der Waals surface area contributed by atoms with E-state index in [0.29, 0.717) is 12.0 Å². The van der Waals surface area contributed by atoms with Crippen molar-refractivity contribution >= 4 is 11.9 Å². The molecule has 96 valence electrons. The topological polar surface area (TPSA) is 52.6 Å². The molecule has 0 radical (unpaired) electrons. The summed E-state index contributed by atoms with van der Waals surface area (Å²) in [6.07, 6.45) is 0.349. The van der Waals surface area contributed by atoms with Crippen molar-refractivity contribution in [2.75, 3.05) is 7.11 Å². The molecule has 4 nitrogen and oxygen atoms in total. The molecule has 1 unspecified atom stereocenters. The number of methoxy groups -OCH3 is 1. The zero-order valence-electron chi connectivity index (χ0n) is 11.0. The number of benzene rings is 1. The van der Waals surface area contributed by atoms with Gasteiger partial charge in [-0.2, -0.15) is 0 Å². The molecule has 0 amide bonds. The Balaban J connectivity index is 2.51. The Kier molecular flexibility index (Phi) is 2.89. The fraction of sp³-hybridized carbons (Fsp3) is 0.429. The minimum Gasteiger partial charge on any atom is -0.466 e. The first kappa shape index (κ1) is 12.6. The van der Waals surface area contributed by atoms with Gasteiger partial charge < -0.3 is 9.47 Å². The zero-order chi connectivity index (χ0) is 13.5. The first-order valence-corrected chi connectivity index (χ1v) is 5.80. The average molecular weight is 248 g/mol.